The van der Waals surface area contributed by atoms with Gasteiger partial charge in [0, 0.05) is 17.4 Å². The highest BCUT2D eigenvalue weighted by Crippen LogP contribution is 2.26. The van der Waals surface area contributed by atoms with Crippen molar-refractivity contribution in [3.05, 3.63) is 70.3 Å². The Kier molecular flexibility index (Phi) is 5.89. The first-order chi connectivity index (χ1) is 14.1. The van der Waals surface area contributed by atoms with Gasteiger partial charge in [-0.15, -0.1) is 0 Å². The average molecular weight is 448 g/mol. The van der Waals surface area contributed by atoms with Crippen LogP contribution < -0.4 is 10.5 Å². The highest BCUT2D eigenvalue weighted by molar-refractivity contribution is 7.89. The van der Waals surface area contributed by atoms with Gasteiger partial charge in [0.25, 0.3) is 0 Å². The summed E-state index contributed by atoms with van der Waals surface area (Å²) in [4.78, 5) is 12.1. The Hall–Kier alpha value is -3.26. The van der Waals surface area contributed by atoms with E-state index in [1.54, 1.807) is 6.92 Å². The predicted molar refractivity (Wildman–Crippen MR) is 108 cm³/mol. The SMILES string of the molecule is Cc1ccc(F)c(CC(=O)Nc2ccc(-n3cc(C#N)cn3)c(S(N)(=O)=O)c2)c1Cl. The first-order valence-corrected chi connectivity index (χ1v) is 10.4. The molecule has 2 aromatic carbocycles. The van der Waals surface area contributed by atoms with Crippen molar-refractivity contribution in [2.24, 2.45) is 5.14 Å². The van der Waals surface area contributed by atoms with Crippen LogP contribution in [0.15, 0.2) is 47.6 Å². The molecule has 3 aromatic rings. The maximum absolute atomic E-state index is 14.0. The van der Waals surface area contributed by atoms with Crippen molar-refractivity contribution in [1.82, 2.24) is 9.78 Å². The third kappa shape index (κ3) is 4.49. The Morgan fingerprint density at radius 3 is 2.73 bits per heavy atom. The third-order valence-corrected chi connectivity index (χ3v) is 5.69. The fraction of sp³-hybridized carbons (Fsp3) is 0.105. The number of anilines is 1. The quantitative estimate of drug-likeness (QED) is 0.620. The monoisotopic (exact) mass is 447 g/mol. The van der Waals surface area contributed by atoms with Gasteiger partial charge in [-0.25, -0.2) is 22.6 Å². The summed E-state index contributed by atoms with van der Waals surface area (Å²) in [6.07, 6.45) is 2.26. The molecule has 1 amide bonds. The van der Waals surface area contributed by atoms with E-state index < -0.39 is 21.7 Å². The molecule has 0 saturated carbocycles. The van der Waals surface area contributed by atoms with Gasteiger partial charge in [-0.05, 0) is 36.8 Å². The third-order valence-electron chi connectivity index (χ3n) is 4.23. The molecule has 11 heteroatoms. The first-order valence-electron chi connectivity index (χ1n) is 8.45. The van der Waals surface area contributed by atoms with Crippen LogP contribution in [0.2, 0.25) is 5.02 Å². The molecule has 0 bridgehead atoms. The molecule has 3 rings (SSSR count). The molecule has 0 aliphatic carbocycles. The second-order valence-corrected chi connectivity index (χ2v) is 8.30. The van der Waals surface area contributed by atoms with E-state index >= 15 is 0 Å². The molecule has 0 radical (unpaired) electrons. The van der Waals surface area contributed by atoms with Crippen LogP contribution in [0.4, 0.5) is 10.1 Å². The number of nitrogens with two attached hydrogens (primary N) is 1. The molecule has 30 heavy (non-hydrogen) atoms. The molecule has 0 fully saturated rings. The fourth-order valence-electron chi connectivity index (χ4n) is 2.76. The van der Waals surface area contributed by atoms with E-state index in [1.165, 1.54) is 41.3 Å². The van der Waals surface area contributed by atoms with Crippen molar-refractivity contribution >= 4 is 33.2 Å². The van der Waals surface area contributed by atoms with Crippen LogP contribution in [0.5, 0.6) is 0 Å². The lowest BCUT2D eigenvalue weighted by Crippen LogP contribution is -2.18. The van der Waals surface area contributed by atoms with Crippen molar-refractivity contribution < 1.29 is 17.6 Å². The van der Waals surface area contributed by atoms with Gasteiger partial charge in [0.15, 0.2) is 0 Å². The van der Waals surface area contributed by atoms with Crippen LogP contribution >= 0.6 is 11.6 Å². The average Bonchev–Trinajstić information content (AvgIpc) is 3.16. The van der Waals surface area contributed by atoms with Gasteiger partial charge < -0.3 is 5.32 Å². The molecular weight excluding hydrogens is 433 g/mol. The minimum absolute atomic E-state index is 0.0398. The molecule has 3 N–H and O–H groups in total. The number of carbonyl (C=O) groups is 1. The van der Waals surface area contributed by atoms with Crippen LogP contribution in [0.3, 0.4) is 0 Å². The number of halogens is 2. The molecule has 8 nitrogen and oxygen atoms in total. The zero-order chi connectivity index (χ0) is 22.1. The standard InChI is InChI=1S/C19H15ClFN5O3S/c1-11-2-4-15(21)14(19(11)20)7-18(27)25-13-3-5-16(17(6-13)30(23,28)29)26-10-12(8-22)9-24-26/h2-6,9-10H,7H2,1H3,(H,25,27)(H2,23,28,29). The van der Waals surface area contributed by atoms with E-state index in [2.05, 4.69) is 10.4 Å². The van der Waals surface area contributed by atoms with Gasteiger partial charge in [-0.3, -0.25) is 4.79 Å². The topological polar surface area (TPSA) is 131 Å². The van der Waals surface area contributed by atoms with E-state index in [0.717, 1.165) is 6.07 Å². The van der Waals surface area contributed by atoms with Crippen molar-refractivity contribution in [3.8, 4) is 11.8 Å². The van der Waals surface area contributed by atoms with E-state index in [9.17, 15) is 17.6 Å². The van der Waals surface area contributed by atoms with Crippen LogP contribution in [0, 0.1) is 24.1 Å². The van der Waals surface area contributed by atoms with Crippen molar-refractivity contribution in [2.45, 2.75) is 18.2 Å². The number of carbonyl (C=O) groups excluding carboxylic acids is 1. The van der Waals surface area contributed by atoms with Crippen LogP contribution in [0.25, 0.3) is 5.69 Å². The summed E-state index contributed by atoms with van der Waals surface area (Å²) in [7, 11) is -4.19. The van der Waals surface area contributed by atoms with Gasteiger partial charge in [0.2, 0.25) is 15.9 Å². The number of nitrogens with one attached hydrogen (secondary N) is 1. The number of nitriles is 1. The molecular formula is C19H15ClFN5O3S. The lowest BCUT2D eigenvalue weighted by atomic mass is 10.1. The number of benzene rings is 2. The molecule has 0 aliphatic heterocycles. The molecule has 0 unspecified atom stereocenters. The lowest BCUT2D eigenvalue weighted by molar-refractivity contribution is -0.115. The van der Waals surface area contributed by atoms with Crippen LogP contribution in [-0.4, -0.2) is 24.1 Å². The minimum Gasteiger partial charge on any atom is -0.326 e. The summed E-state index contributed by atoms with van der Waals surface area (Å²) in [5, 5.41) is 20.8. The highest BCUT2D eigenvalue weighted by atomic mass is 35.5. The predicted octanol–water partition coefficient (Wildman–Crippen LogP) is 2.67. The number of rotatable bonds is 5. The number of aryl methyl sites for hydroxylation is 1. The van der Waals surface area contributed by atoms with Crippen LogP contribution in [0.1, 0.15) is 16.7 Å². The second kappa shape index (κ2) is 8.23. The lowest BCUT2D eigenvalue weighted by Gasteiger charge is -2.12. The zero-order valence-corrected chi connectivity index (χ0v) is 17.1. The number of amides is 1. The van der Waals surface area contributed by atoms with E-state index in [1.807, 2.05) is 6.07 Å². The number of nitrogens with zero attached hydrogens (tertiary/aromatic N) is 3. The Labute approximate surface area is 176 Å². The largest absolute Gasteiger partial charge is 0.326 e. The van der Waals surface area contributed by atoms with Crippen molar-refractivity contribution in [2.75, 3.05) is 5.32 Å². The number of primary sulfonamides is 1. The van der Waals surface area contributed by atoms with Gasteiger partial charge in [-0.1, -0.05) is 17.7 Å². The highest BCUT2D eigenvalue weighted by Gasteiger charge is 2.19. The Morgan fingerprint density at radius 1 is 1.37 bits per heavy atom. The Morgan fingerprint density at radius 2 is 2.10 bits per heavy atom. The summed E-state index contributed by atoms with van der Waals surface area (Å²) >= 11 is 6.08. The smallest absolute Gasteiger partial charge is 0.240 e. The zero-order valence-electron chi connectivity index (χ0n) is 15.6. The maximum atomic E-state index is 14.0. The van der Waals surface area contributed by atoms with Gasteiger partial charge >= 0.3 is 0 Å². The molecule has 0 spiro atoms. The first kappa shape index (κ1) is 21.4. The van der Waals surface area contributed by atoms with E-state index in [0.29, 0.717) is 5.56 Å². The minimum atomic E-state index is -4.19. The summed E-state index contributed by atoms with van der Waals surface area (Å²) in [6.45, 7) is 1.69. The summed E-state index contributed by atoms with van der Waals surface area (Å²) in [5.74, 6) is -1.21. The molecule has 0 saturated heterocycles. The second-order valence-electron chi connectivity index (χ2n) is 6.39. The maximum Gasteiger partial charge on any atom is 0.240 e. The van der Waals surface area contributed by atoms with Gasteiger partial charge in [-0.2, -0.15) is 10.4 Å². The summed E-state index contributed by atoms with van der Waals surface area (Å²) < 4.78 is 39.3. The Bertz CT molecular complexity index is 1300. The number of sulfonamides is 1. The fourth-order valence-corrected chi connectivity index (χ4v) is 3.73. The van der Waals surface area contributed by atoms with Crippen molar-refractivity contribution in [1.29, 1.82) is 5.26 Å². The number of hydrogen-bond acceptors (Lipinski definition) is 5. The number of hydrogen-bond donors (Lipinski definition) is 2. The molecule has 154 valence electrons. The molecule has 0 aliphatic rings. The number of aromatic nitrogens is 2. The molecule has 1 heterocycles. The van der Waals surface area contributed by atoms with Gasteiger partial charge in [0.05, 0.1) is 28.9 Å². The Balaban J connectivity index is 1.91. The van der Waals surface area contributed by atoms with Gasteiger partial charge in [0.1, 0.15) is 16.8 Å². The normalized spacial score (nSPS) is 11.2. The molecule has 1 aromatic heterocycles. The van der Waals surface area contributed by atoms with Crippen LogP contribution in [-0.2, 0) is 21.2 Å². The summed E-state index contributed by atoms with van der Waals surface area (Å²) in [5.41, 5.74) is 1.12. The van der Waals surface area contributed by atoms with E-state index in [4.69, 9.17) is 22.0 Å². The molecule has 0 atom stereocenters. The van der Waals surface area contributed by atoms with E-state index in [-0.39, 0.29) is 38.8 Å². The summed E-state index contributed by atoms with van der Waals surface area (Å²) in [6, 6.07) is 8.58. The van der Waals surface area contributed by atoms with Crippen molar-refractivity contribution in [3.63, 3.8) is 0 Å².